The Hall–Kier alpha value is -2.20. The van der Waals surface area contributed by atoms with Gasteiger partial charge in [0, 0.05) is 18.4 Å². The van der Waals surface area contributed by atoms with Gasteiger partial charge in [0.25, 0.3) is 5.91 Å². The third-order valence-electron chi connectivity index (χ3n) is 4.40. The van der Waals surface area contributed by atoms with E-state index in [-0.39, 0.29) is 11.9 Å². The molecule has 1 fully saturated rings. The summed E-state index contributed by atoms with van der Waals surface area (Å²) >= 11 is 0. The zero-order valence-electron chi connectivity index (χ0n) is 13.5. The van der Waals surface area contributed by atoms with Gasteiger partial charge in [-0.15, -0.1) is 0 Å². The Morgan fingerprint density at radius 2 is 1.91 bits per heavy atom. The number of likely N-dealkylation sites (tertiary alicyclic amines) is 1. The fourth-order valence-electron chi connectivity index (χ4n) is 3.08. The largest absolute Gasteiger partial charge is 0.350 e. The van der Waals surface area contributed by atoms with Crippen LogP contribution in [-0.4, -0.2) is 35.4 Å². The molecule has 0 saturated carbocycles. The zero-order valence-corrected chi connectivity index (χ0v) is 13.5. The lowest BCUT2D eigenvalue weighted by atomic mass is 10.1. The fraction of sp³-hybridized carbons (Fsp3) is 0.368. The van der Waals surface area contributed by atoms with Crippen LogP contribution in [0.25, 0.3) is 0 Å². The lowest BCUT2D eigenvalue weighted by molar-refractivity contribution is 0.0937. The third kappa shape index (κ3) is 3.96. The molecular weight excluding hydrogens is 286 g/mol. The van der Waals surface area contributed by atoms with Crippen LogP contribution in [0.15, 0.2) is 48.7 Å². The highest BCUT2D eigenvalue weighted by Gasteiger charge is 2.23. The van der Waals surface area contributed by atoms with Crippen molar-refractivity contribution in [3.8, 4) is 0 Å². The summed E-state index contributed by atoms with van der Waals surface area (Å²) in [6.45, 7) is 4.74. The Morgan fingerprint density at radius 1 is 1.17 bits per heavy atom. The van der Waals surface area contributed by atoms with Crippen molar-refractivity contribution in [3.63, 3.8) is 0 Å². The predicted molar refractivity (Wildman–Crippen MR) is 91.3 cm³/mol. The van der Waals surface area contributed by atoms with Crippen LogP contribution in [-0.2, 0) is 0 Å². The SMILES string of the molecule is Cc1ccc(C(=O)NCC(c2ccccc2)N2CCCC2)cn1. The summed E-state index contributed by atoms with van der Waals surface area (Å²) < 4.78 is 0. The molecule has 2 aromatic rings. The molecule has 1 aliphatic heterocycles. The summed E-state index contributed by atoms with van der Waals surface area (Å²) in [6, 6.07) is 14.4. The van der Waals surface area contributed by atoms with E-state index in [0.717, 1.165) is 18.8 Å². The van der Waals surface area contributed by atoms with E-state index in [9.17, 15) is 4.79 Å². The number of nitrogens with zero attached hydrogens (tertiary/aromatic N) is 2. The van der Waals surface area contributed by atoms with E-state index in [0.29, 0.717) is 12.1 Å². The minimum atomic E-state index is -0.0578. The molecule has 0 spiro atoms. The standard InChI is InChI=1S/C19H23N3O/c1-15-9-10-17(13-20-15)19(23)21-14-18(22-11-5-6-12-22)16-7-3-2-4-8-16/h2-4,7-10,13,18H,5-6,11-12,14H2,1H3,(H,21,23). The van der Waals surface area contributed by atoms with Crippen LogP contribution in [0.4, 0.5) is 0 Å². The average Bonchev–Trinajstić information content (AvgIpc) is 3.11. The normalized spacial score (nSPS) is 16.2. The molecule has 4 nitrogen and oxygen atoms in total. The van der Waals surface area contributed by atoms with Gasteiger partial charge < -0.3 is 5.32 Å². The molecule has 1 aliphatic rings. The van der Waals surface area contributed by atoms with Crippen molar-refractivity contribution in [2.24, 2.45) is 0 Å². The maximum atomic E-state index is 12.3. The van der Waals surface area contributed by atoms with Gasteiger partial charge in [-0.25, -0.2) is 0 Å². The Labute approximate surface area is 137 Å². The van der Waals surface area contributed by atoms with Gasteiger partial charge in [0.15, 0.2) is 0 Å². The highest BCUT2D eigenvalue weighted by molar-refractivity contribution is 5.93. The number of carbonyl (C=O) groups is 1. The van der Waals surface area contributed by atoms with Crippen LogP contribution in [0, 0.1) is 6.92 Å². The van der Waals surface area contributed by atoms with Gasteiger partial charge in [-0.1, -0.05) is 30.3 Å². The topological polar surface area (TPSA) is 45.2 Å². The maximum Gasteiger partial charge on any atom is 0.252 e. The summed E-state index contributed by atoms with van der Waals surface area (Å²) in [4.78, 5) is 19.0. The first-order valence-electron chi connectivity index (χ1n) is 8.24. The second kappa shape index (κ2) is 7.38. The lowest BCUT2D eigenvalue weighted by Crippen LogP contribution is -2.36. The summed E-state index contributed by atoms with van der Waals surface area (Å²) in [7, 11) is 0. The molecule has 1 saturated heterocycles. The monoisotopic (exact) mass is 309 g/mol. The highest BCUT2D eigenvalue weighted by Crippen LogP contribution is 2.24. The Balaban J connectivity index is 1.69. The Morgan fingerprint density at radius 3 is 2.57 bits per heavy atom. The smallest absolute Gasteiger partial charge is 0.252 e. The van der Waals surface area contributed by atoms with Gasteiger partial charge in [0.05, 0.1) is 11.6 Å². The third-order valence-corrected chi connectivity index (χ3v) is 4.40. The van der Waals surface area contributed by atoms with Crippen LogP contribution in [0.5, 0.6) is 0 Å². The van der Waals surface area contributed by atoms with Crippen LogP contribution in [0.3, 0.4) is 0 Å². The molecule has 0 bridgehead atoms. The van der Waals surface area contributed by atoms with Crippen molar-refractivity contribution in [3.05, 3.63) is 65.5 Å². The number of rotatable bonds is 5. The molecule has 120 valence electrons. The number of aromatic nitrogens is 1. The average molecular weight is 309 g/mol. The van der Waals surface area contributed by atoms with E-state index >= 15 is 0 Å². The number of carbonyl (C=O) groups excluding carboxylic acids is 1. The number of benzene rings is 1. The van der Waals surface area contributed by atoms with Gasteiger partial charge in [0.1, 0.15) is 0 Å². The van der Waals surface area contributed by atoms with Gasteiger partial charge in [-0.05, 0) is 50.6 Å². The second-order valence-electron chi connectivity index (χ2n) is 6.07. The van der Waals surface area contributed by atoms with Crippen LogP contribution < -0.4 is 5.32 Å². The Kier molecular flexibility index (Phi) is 5.03. The summed E-state index contributed by atoms with van der Waals surface area (Å²) in [5, 5.41) is 3.07. The van der Waals surface area contributed by atoms with Crippen LogP contribution >= 0.6 is 0 Å². The first kappa shape index (κ1) is 15.7. The van der Waals surface area contributed by atoms with Crippen molar-refractivity contribution < 1.29 is 4.79 Å². The minimum Gasteiger partial charge on any atom is -0.350 e. The van der Waals surface area contributed by atoms with E-state index in [4.69, 9.17) is 0 Å². The second-order valence-corrected chi connectivity index (χ2v) is 6.07. The molecule has 23 heavy (non-hydrogen) atoms. The quantitative estimate of drug-likeness (QED) is 0.923. The minimum absolute atomic E-state index is 0.0578. The highest BCUT2D eigenvalue weighted by atomic mass is 16.1. The molecule has 3 rings (SSSR count). The molecule has 1 aromatic heterocycles. The van der Waals surface area contributed by atoms with Gasteiger partial charge in [0.2, 0.25) is 0 Å². The molecular formula is C19H23N3O. The molecule has 0 aliphatic carbocycles. The maximum absolute atomic E-state index is 12.3. The molecule has 1 aromatic carbocycles. The first-order valence-corrected chi connectivity index (χ1v) is 8.24. The molecule has 1 N–H and O–H groups in total. The van der Waals surface area contributed by atoms with Crippen molar-refractivity contribution in [1.82, 2.24) is 15.2 Å². The Bertz CT molecular complexity index is 633. The van der Waals surface area contributed by atoms with Crippen molar-refractivity contribution >= 4 is 5.91 Å². The van der Waals surface area contributed by atoms with Crippen molar-refractivity contribution in [1.29, 1.82) is 0 Å². The van der Waals surface area contributed by atoms with Crippen molar-refractivity contribution in [2.45, 2.75) is 25.8 Å². The number of hydrogen-bond acceptors (Lipinski definition) is 3. The summed E-state index contributed by atoms with van der Waals surface area (Å²) in [5.74, 6) is -0.0578. The van der Waals surface area contributed by atoms with E-state index < -0.39 is 0 Å². The number of hydrogen-bond donors (Lipinski definition) is 1. The molecule has 1 unspecified atom stereocenters. The zero-order chi connectivity index (χ0) is 16.1. The molecule has 2 heterocycles. The summed E-state index contributed by atoms with van der Waals surface area (Å²) in [5.41, 5.74) is 2.79. The summed E-state index contributed by atoms with van der Waals surface area (Å²) in [6.07, 6.45) is 4.11. The van der Waals surface area contributed by atoms with E-state index in [1.807, 2.05) is 25.1 Å². The van der Waals surface area contributed by atoms with Crippen LogP contribution in [0.2, 0.25) is 0 Å². The molecule has 1 atom stereocenters. The van der Waals surface area contributed by atoms with Gasteiger partial charge in [-0.3, -0.25) is 14.7 Å². The van der Waals surface area contributed by atoms with E-state index in [1.165, 1.54) is 18.4 Å². The molecule has 0 radical (unpaired) electrons. The first-order chi connectivity index (χ1) is 11.2. The van der Waals surface area contributed by atoms with Crippen molar-refractivity contribution in [2.75, 3.05) is 19.6 Å². The number of aryl methyl sites for hydroxylation is 1. The van der Waals surface area contributed by atoms with Gasteiger partial charge >= 0.3 is 0 Å². The van der Waals surface area contributed by atoms with Gasteiger partial charge in [-0.2, -0.15) is 0 Å². The fourth-order valence-corrected chi connectivity index (χ4v) is 3.08. The molecule has 1 amide bonds. The molecule has 4 heteroatoms. The predicted octanol–water partition coefficient (Wildman–Crippen LogP) is 2.96. The number of amides is 1. The van der Waals surface area contributed by atoms with E-state index in [1.54, 1.807) is 6.20 Å². The van der Waals surface area contributed by atoms with Crippen LogP contribution in [0.1, 0.15) is 40.5 Å². The number of nitrogens with one attached hydrogen (secondary N) is 1. The lowest BCUT2D eigenvalue weighted by Gasteiger charge is -2.28. The van der Waals surface area contributed by atoms with E-state index in [2.05, 4.69) is 39.5 Å². The number of pyridine rings is 1.